The van der Waals surface area contributed by atoms with Crippen LogP contribution in [0.2, 0.25) is 0 Å². The van der Waals surface area contributed by atoms with Crippen molar-refractivity contribution >= 4 is 22.4 Å². The first kappa shape index (κ1) is 10.9. The number of hydrogen-bond donors (Lipinski definition) is 1. The number of anilines is 1. The molecular formula is C14H10N2O. The highest BCUT2D eigenvalue weighted by molar-refractivity contribution is 6.03. The third-order valence-corrected chi connectivity index (χ3v) is 2.48. The summed E-state index contributed by atoms with van der Waals surface area (Å²) in [5, 5.41) is 13.6. The van der Waals surface area contributed by atoms with E-state index in [1.807, 2.05) is 30.3 Å². The summed E-state index contributed by atoms with van der Waals surface area (Å²) < 4.78 is 0. The smallest absolute Gasteiger partial charge is 0.247 e. The van der Waals surface area contributed by atoms with Crippen LogP contribution in [0.4, 0.5) is 5.69 Å². The van der Waals surface area contributed by atoms with Gasteiger partial charge >= 0.3 is 0 Å². The summed E-state index contributed by atoms with van der Waals surface area (Å²) in [6, 6.07) is 13.3. The number of carbonyl (C=O) groups is 1. The van der Waals surface area contributed by atoms with Gasteiger partial charge in [0.05, 0.1) is 11.3 Å². The van der Waals surface area contributed by atoms with E-state index in [2.05, 4.69) is 18.0 Å². The lowest BCUT2D eigenvalue weighted by atomic mass is 10.0. The van der Waals surface area contributed by atoms with Crippen molar-refractivity contribution in [2.75, 3.05) is 5.32 Å². The molecule has 0 aliphatic heterocycles. The molecule has 82 valence electrons. The van der Waals surface area contributed by atoms with Crippen LogP contribution in [0.3, 0.4) is 0 Å². The zero-order valence-corrected chi connectivity index (χ0v) is 9.10. The molecule has 0 fully saturated rings. The van der Waals surface area contributed by atoms with Gasteiger partial charge < -0.3 is 5.32 Å². The Bertz CT molecular complexity index is 638. The van der Waals surface area contributed by atoms with Crippen LogP contribution in [0.15, 0.2) is 49.1 Å². The third kappa shape index (κ3) is 2.01. The highest BCUT2D eigenvalue weighted by Crippen LogP contribution is 2.25. The summed E-state index contributed by atoms with van der Waals surface area (Å²) in [4.78, 5) is 11.2. The van der Waals surface area contributed by atoms with Gasteiger partial charge in [0.25, 0.3) is 0 Å². The molecule has 0 unspecified atom stereocenters. The Balaban J connectivity index is 2.62. The minimum atomic E-state index is -0.322. The largest absolute Gasteiger partial charge is 0.321 e. The molecule has 0 heterocycles. The Morgan fingerprint density at radius 2 is 2.06 bits per heavy atom. The highest BCUT2D eigenvalue weighted by atomic mass is 16.1. The zero-order valence-electron chi connectivity index (χ0n) is 9.10. The molecule has 0 aliphatic rings. The molecule has 0 spiro atoms. The van der Waals surface area contributed by atoms with Gasteiger partial charge in [-0.05, 0) is 17.5 Å². The molecular weight excluding hydrogens is 212 g/mol. The van der Waals surface area contributed by atoms with Crippen LogP contribution < -0.4 is 5.32 Å². The van der Waals surface area contributed by atoms with E-state index in [1.54, 1.807) is 6.07 Å². The van der Waals surface area contributed by atoms with Crippen molar-refractivity contribution in [3.8, 4) is 6.07 Å². The van der Waals surface area contributed by atoms with Gasteiger partial charge in [-0.15, -0.1) is 0 Å². The van der Waals surface area contributed by atoms with E-state index in [9.17, 15) is 10.1 Å². The monoisotopic (exact) mass is 222 g/mol. The zero-order chi connectivity index (χ0) is 12.3. The van der Waals surface area contributed by atoms with E-state index in [-0.39, 0.29) is 5.91 Å². The summed E-state index contributed by atoms with van der Waals surface area (Å²) in [5.74, 6) is -0.322. The van der Waals surface area contributed by atoms with Gasteiger partial charge in [-0.3, -0.25) is 4.79 Å². The maximum absolute atomic E-state index is 11.2. The van der Waals surface area contributed by atoms with Crippen molar-refractivity contribution in [1.29, 1.82) is 5.26 Å². The molecule has 0 saturated carbocycles. The summed E-state index contributed by atoms with van der Waals surface area (Å²) in [6.45, 7) is 3.38. The summed E-state index contributed by atoms with van der Waals surface area (Å²) >= 11 is 0. The second-order valence-electron chi connectivity index (χ2n) is 3.51. The Hall–Kier alpha value is -2.60. The molecule has 2 aromatic carbocycles. The SMILES string of the molecule is C=CC(=O)Nc1ccc2ccccc2c1C#N. The Labute approximate surface area is 99.0 Å². The first-order valence-electron chi connectivity index (χ1n) is 5.11. The first-order valence-corrected chi connectivity index (χ1v) is 5.11. The van der Waals surface area contributed by atoms with E-state index >= 15 is 0 Å². The number of carbonyl (C=O) groups excluding carboxylic acids is 1. The van der Waals surface area contributed by atoms with E-state index in [0.717, 1.165) is 10.8 Å². The Kier molecular flexibility index (Phi) is 2.89. The van der Waals surface area contributed by atoms with Crippen molar-refractivity contribution in [2.24, 2.45) is 0 Å². The van der Waals surface area contributed by atoms with Gasteiger partial charge in [-0.1, -0.05) is 36.9 Å². The topological polar surface area (TPSA) is 52.9 Å². The lowest BCUT2D eigenvalue weighted by Crippen LogP contribution is -2.08. The van der Waals surface area contributed by atoms with Crippen LogP contribution in [-0.2, 0) is 4.79 Å². The molecule has 1 N–H and O–H groups in total. The highest BCUT2D eigenvalue weighted by Gasteiger charge is 2.08. The van der Waals surface area contributed by atoms with Crippen molar-refractivity contribution in [3.63, 3.8) is 0 Å². The molecule has 3 heteroatoms. The summed E-state index contributed by atoms with van der Waals surface area (Å²) in [7, 11) is 0. The number of benzene rings is 2. The van der Waals surface area contributed by atoms with Gasteiger partial charge in [0.2, 0.25) is 5.91 Å². The number of amides is 1. The van der Waals surface area contributed by atoms with Gasteiger partial charge in [-0.2, -0.15) is 5.26 Å². The minimum absolute atomic E-state index is 0.322. The number of hydrogen-bond acceptors (Lipinski definition) is 2. The standard InChI is InChI=1S/C14H10N2O/c1-2-14(17)16-13-8-7-10-5-3-4-6-11(10)12(13)9-15/h2-8H,1H2,(H,16,17). The van der Waals surface area contributed by atoms with Gasteiger partial charge in [0, 0.05) is 5.39 Å². The normalized spacial score (nSPS) is 9.59. The molecule has 0 bridgehead atoms. The first-order chi connectivity index (χ1) is 8.26. The Morgan fingerprint density at radius 3 is 2.76 bits per heavy atom. The fraction of sp³-hybridized carbons (Fsp3) is 0. The van der Waals surface area contributed by atoms with Crippen LogP contribution in [0, 0.1) is 11.3 Å². The number of nitrogens with one attached hydrogen (secondary N) is 1. The van der Waals surface area contributed by atoms with E-state index in [0.29, 0.717) is 11.3 Å². The Morgan fingerprint density at radius 1 is 1.29 bits per heavy atom. The predicted octanol–water partition coefficient (Wildman–Crippen LogP) is 2.84. The van der Waals surface area contributed by atoms with E-state index in [4.69, 9.17) is 0 Å². The van der Waals surface area contributed by atoms with Gasteiger partial charge in [0.15, 0.2) is 0 Å². The van der Waals surface area contributed by atoms with Crippen LogP contribution in [0.1, 0.15) is 5.56 Å². The second-order valence-corrected chi connectivity index (χ2v) is 3.51. The molecule has 0 aliphatic carbocycles. The van der Waals surface area contributed by atoms with Gasteiger partial charge in [-0.25, -0.2) is 0 Å². The quantitative estimate of drug-likeness (QED) is 0.794. The molecule has 3 nitrogen and oxygen atoms in total. The predicted molar refractivity (Wildman–Crippen MR) is 67.5 cm³/mol. The average molecular weight is 222 g/mol. The second kappa shape index (κ2) is 4.50. The molecule has 2 rings (SSSR count). The van der Waals surface area contributed by atoms with Crippen LogP contribution in [0.5, 0.6) is 0 Å². The fourth-order valence-electron chi connectivity index (χ4n) is 1.68. The van der Waals surface area contributed by atoms with E-state index < -0.39 is 0 Å². The molecule has 0 saturated heterocycles. The van der Waals surface area contributed by atoms with Crippen molar-refractivity contribution in [3.05, 3.63) is 54.6 Å². The number of nitriles is 1. The maximum atomic E-state index is 11.2. The van der Waals surface area contributed by atoms with Crippen molar-refractivity contribution < 1.29 is 4.79 Å². The van der Waals surface area contributed by atoms with E-state index in [1.165, 1.54) is 6.08 Å². The minimum Gasteiger partial charge on any atom is -0.321 e. The molecule has 0 radical (unpaired) electrons. The van der Waals surface area contributed by atoms with Crippen LogP contribution in [0.25, 0.3) is 10.8 Å². The van der Waals surface area contributed by atoms with Crippen LogP contribution >= 0.6 is 0 Å². The summed E-state index contributed by atoms with van der Waals surface area (Å²) in [6.07, 6.45) is 1.18. The molecule has 17 heavy (non-hydrogen) atoms. The average Bonchev–Trinajstić information content (AvgIpc) is 2.38. The fourth-order valence-corrected chi connectivity index (χ4v) is 1.68. The third-order valence-electron chi connectivity index (χ3n) is 2.48. The van der Waals surface area contributed by atoms with Gasteiger partial charge in [0.1, 0.15) is 6.07 Å². The molecule has 0 aromatic heterocycles. The van der Waals surface area contributed by atoms with Crippen LogP contribution in [-0.4, -0.2) is 5.91 Å². The summed E-state index contributed by atoms with van der Waals surface area (Å²) in [5.41, 5.74) is 0.981. The molecule has 0 atom stereocenters. The number of nitrogens with zero attached hydrogens (tertiary/aromatic N) is 1. The van der Waals surface area contributed by atoms with Crippen molar-refractivity contribution in [1.82, 2.24) is 0 Å². The van der Waals surface area contributed by atoms with Crippen molar-refractivity contribution in [2.45, 2.75) is 0 Å². The lowest BCUT2D eigenvalue weighted by Gasteiger charge is -2.07. The molecule has 2 aromatic rings. The number of fused-ring (bicyclic) bond motifs is 1. The number of rotatable bonds is 2. The lowest BCUT2D eigenvalue weighted by molar-refractivity contribution is -0.111. The molecule has 1 amide bonds. The maximum Gasteiger partial charge on any atom is 0.247 e.